The molecule has 7 nitrogen and oxygen atoms in total. The number of hydrogen-bond donors (Lipinski definition) is 1. The molecule has 1 saturated heterocycles. The van der Waals surface area contributed by atoms with E-state index in [0.717, 1.165) is 25.0 Å². The number of carbonyl (C=O) groups is 1. The van der Waals surface area contributed by atoms with E-state index in [-0.39, 0.29) is 17.3 Å². The molecule has 1 N–H and O–H groups in total. The fourth-order valence-corrected chi connectivity index (χ4v) is 3.32. The third kappa shape index (κ3) is 4.55. The van der Waals surface area contributed by atoms with Crippen molar-refractivity contribution in [1.29, 1.82) is 0 Å². The standard InChI is InChI=1S/C16H21N5O2S/c1-12(15(22)17-10-14-8-5-9-23-14)24-16-18-19-20-21(16)11-13-6-3-2-4-7-13/h2-4,6-7,12,14H,5,8-11H2,1H3,(H,17,22)/t12-,14+/m0/s1. The summed E-state index contributed by atoms with van der Waals surface area (Å²) in [6.07, 6.45) is 2.23. The van der Waals surface area contributed by atoms with Gasteiger partial charge in [0.05, 0.1) is 17.9 Å². The molecular weight excluding hydrogens is 326 g/mol. The van der Waals surface area contributed by atoms with Crippen LogP contribution in [0, 0.1) is 0 Å². The first kappa shape index (κ1) is 16.9. The van der Waals surface area contributed by atoms with Crippen LogP contribution < -0.4 is 5.32 Å². The second-order valence-corrected chi connectivity index (χ2v) is 7.05. The lowest BCUT2D eigenvalue weighted by Crippen LogP contribution is -2.36. The summed E-state index contributed by atoms with van der Waals surface area (Å²) in [5.74, 6) is -0.0234. The van der Waals surface area contributed by atoms with Gasteiger partial charge in [-0.05, 0) is 35.8 Å². The van der Waals surface area contributed by atoms with Crippen LogP contribution >= 0.6 is 11.8 Å². The second-order valence-electron chi connectivity index (χ2n) is 5.74. The van der Waals surface area contributed by atoms with Crippen molar-refractivity contribution in [3.8, 4) is 0 Å². The van der Waals surface area contributed by atoms with Gasteiger partial charge in [0, 0.05) is 13.2 Å². The van der Waals surface area contributed by atoms with Crippen LogP contribution in [0.2, 0.25) is 0 Å². The summed E-state index contributed by atoms with van der Waals surface area (Å²) in [7, 11) is 0. The van der Waals surface area contributed by atoms with Crippen LogP contribution in [0.3, 0.4) is 0 Å². The Morgan fingerprint density at radius 3 is 3.04 bits per heavy atom. The van der Waals surface area contributed by atoms with E-state index in [1.54, 1.807) is 4.68 Å². The van der Waals surface area contributed by atoms with Crippen LogP contribution in [0.4, 0.5) is 0 Å². The Bertz CT molecular complexity index is 657. The summed E-state index contributed by atoms with van der Waals surface area (Å²) in [6.45, 7) is 3.80. The fourth-order valence-electron chi connectivity index (χ4n) is 2.51. The molecule has 0 spiro atoms. The largest absolute Gasteiger partial charge is 0.376 e. The van der Waals surface area contributed by atoms with Crippen LogP contribution in [-0.4, -0.2) is 50.6 Å². The van der Waals surface area contributed by atoms with E-state index >= 15 is 0 Å². The lowest BCUT2D eigenvalue weighted by molar-refractivity contribution is -0.120. The highest BCUT2D eigenvalue weighted by Gasteiger charge is 2.21. The van der Waals surface area contributed by atoms with E-state index in [4.69, 9.17) is 4.74 Å². The molecule has 2 heterocycles. The number of thioether (sulfide) groups is 1. The average Bonchev–Trinajstić information content (AvgIpc) is 3.26. The first-order chi connectivity index (χ1) is 11.7. The summed E-state index contributed by atoms with van der Waals surface area (Å²) in [5.41, 5.74) is 1.11. The highest BCUT2D eigenvalue weighted by molar-refractivity contribution is 8.00. The average molecular weight is 347 g/mol. The van der Waals surface area contributed by atoms with Crippen molar-refractivity contribution in [3.63, 3.8) is 0 Å². The molecule has 128 valence electrons. The molecule has 2 atom stereocenters. The van der Waals surface area contributed by atoms with Gasteiger partial charge in [-0.2, -0.15) is 0 Å². The van der Waals surface area contributed by atoms with Gasteiger partial charge in [0.25, 0.3) is 0 Å². The monoisotopic (exact) mass is 347 g/mol. The zero-order chi connectivity index (χ0) is 16.8. The number of nitrogens with zero attached hydrogens (tertiary/aromatic N) is 4. The van der Waals surface area contributed by atoms with E-state index in [1.165, 1.54) is 11.8 Å². The molecule has 3 rings (SSSR count). The fraction of sp³-hybridized carbons (Fsp3) is 0.500. The van der Waals surface area contributed by atoms with Gasteiger partial charge >= 0.3 is 0 Å². The van der Waals surface area contributed by atoms with Gasteiger partial charge < -0.3 is 10.1 Å². The van der Waals surface area contributed by atoms with Crippen molar-refractivity contribution in [1.82, 2.24) is 25.5 Å². The number of amides is 1. The number of tetrazole rings is 1. The lowest BCUT2D eigenvalue weighted by atomic mass is 10.2. The van der Waals surface area contributed by atoms with Crippen molar-refractivity contribution in [2.45, 2.75) is 42.8 Å². The molecule has 2 aromatic rings. The maximum absolute atomic E-state index is 12.2. The minimum Gasteiger partial charge on any atom is -0.376 e. The highest BCUT2D eigenvalue weighted by atomic mass is 32.2. The van der Waals surface area contributed by atoms with Crippen molar-refractivity contribution >= 4 is 17.7 Å². The minimum absolute atomic E-state index is 0.0234. The molecule has 0 aliphatic carbocycles. The number of nitrogens with one attached hydrogen (secondary N) is 1. The molecule has 1 aliphatic rings. The molecule has 0 saturated carbocycles. The first-order valence-corrected chi connectivity index (χ1v) is 8.96. The van der Waals surface area contributed by atoms with E-state index in [9.17, 15) is 4.79 Å². The third-order valence-corrected chi connectivity index (χ3v) is 4.92. The smallest absolute Gasteiger partial charge is 0.233 e. The molecule has 0 radical (unpaired) electrons. The molecule has 1 aromatic heterocycles. The molecule has 0 unspecified atom stereocenters. The Hall–Kier alpha value is -1.93. The quantitative estimate of drug-likeness (QED) is 0.765. The van der Waals surface area contributed by atoms with Crippen LogP contribution in [0.15, 0.2) is 35.5 Å². The Morgan fingerprint density at radius 1 is 1.46 bits per heavy atom. The van der Waals surface area contributed by atoms with Gasteiger partial charge in [-0.3, -0.25) is 4.79 Å². The van der Waals surface area contributed by atoms with Gasteiger partial charge in [-0.1, -0.05) is 42.1 Å². The number of rotatable bonds is 7. The third-order valence-electron chi connectivity index (χ3n) is 3.85. The summed E-state index contributed by atoms with van der Waals surface area (Å²) in [5, 5.41) is 15.1. The summed E-state index contributed by atoms with van der Waals surface area (Å²) in [6, 6.07) is 9.97. The Morgan fingerprint density at radius 2 is 2.29 bits per heavy atom. The van der Waals surface area contributed by atoms with Crippen molar-refractivity contribution < 1.29 is 9.53 Å². The normalized spacial score (nSPS) is 18.5. The predicted molar refractivity (Wildman–Crippen MR) is 90.7 cm³/mol. The molecule has 24 heavy (non-hydrogen) atoms. The van der Waals surface area contributed by atoms with Crippen molar-refractivity contribution in [2.24, 2.45) is 0 Å². The number of benzene rings is 1. The zero-order valence-corrected chi connectivity index (χ0v) is 14.4. The molecule has 0 bridgehead atoms. The lowest BCUT2D eigenvalue weighted by Gasteiger charge is -2.14. The van der Waals surface area contributed by atoms with Gasteiger partial charge in [0.1, 0.15) is 0 Å². The maximum atomic E-state index is 12.2. The van der Waals surface area contributed by atoms with Crippen molar-refractivity contribution in [3.05, 3.63) is 35.9 Å². The van der Waals surface area contributed by atoms with Gasteiger partial charge in [0.2, 0.25) is 11.1 Å². The summed E-state index contributed by atoms with van der Waals surface area (Å²) >= 11 is 1.36. The molecule has 1 aromatic carbocycles. The van der Waals surface area contributed by atoms with Crippen molar-refractivity contribution in [2.75, 3.05) is 13.2 Å². The first-order valence-electron chi connectivity index (χ1n) is 8.08. The Labute approximate surface area is 145 Å². The van der Waals surface area contributed by atoms with Gasteiger partial charge in [-0.25, -0.2) is 4.68 Å². The highest BCUT2D eigenvalue weighted by Crippen LogP contribution is 2.21. The topological polar surface area (TPSA) is 81.9 Å². The summed E-state index contributed by atoms with van der Waals surface area (Å²) in [4.78, 5) is 12.2. The number of ether oxygens (including phenoxy) is 1. The minimum atomic E-state index is -0.271. The molecule has 8 heteroatoms. The van der Waals surface area contributed by atoms with Gasteiger partial charge in [0.15, 0.2) is 0 Å². The van der Waals surface area contributed by atoms with Crippen LogP contribution in [-0.2, 0) is 16.1 Å². The maximum Gasteiger partial charge on any atom is 0.233 e. The van der Waals surface area contributed by atoms with Crippen LogP contribution in [0.25, 0.3) is 0 Å². The SMILES string of the molecule is C[C@H](Sc1nnnn1Cc1ccccc1)C(=O)NC[C@H]1CCCO1. The summed E-state index contributed by atoms with van der Waals surface area (Å²) < 4.78 is 7.23. The second kappa shape index (κ2) is 8.25. The number of carbonyl (C=O) groups excluding carboxylic acids is 1. The van der Waals surface area contributed by atoms with E-state index in [0.29, 0.717) is 18.2 Å². The molecule has 1 fully saturated rings. The molecule has 1 amide bonds. The van der Waals surface area contributed by atoms with E-state index in [1.807, 2.05) is 37.3 Å². The van der Waals surface area contributed by atoms with Crippen LogP contribution in [0.5, 0.6) is 0 Å². The number of hydrogen-bond acceptors (Lipinski definition) is 6. The zero-order valence-electron chi connectivity index (χ0n) is 13.6. The van der Waals surface area contributed by atoms with E-state index < -0.39 is 0 Å². The molecule has 1 aliphatic heterocycles. The number of aromatic nitrogens is 4. The van der Waals surface area contributed by atoms with E-state index in [2.05, 4.69) is 20.8 Å². The predicted octanol–water partition coefficient (Wildman–Crippen LogP) is 1.50. The Balaban J connectivity index is 1.53. The van der Waals surface area contributed by atoms with Gasteiger partial charge in [-0.15, -0.1) is 5.10 Å². The van der Waals surface area contributed by atoms with Crippen LogP contribution in [0.1, 0.15) is 25.3 Å². The molecular formula is C16H21N5O2S. The Kier molecular flexibility index (Phi) is 5.81.